The van der Waals surface area contributed by atoms with Crippen molar-refractivity contribution in [2.75, 3.05) is 0 Å². The highest BCUT2D eigenvalue weighted by Crippen LogP contribution is 2.22. The maximum absolute atomic E-state index is 9.20. The van der Waals surface area contributed by atoms with Crippen LogP contribution in [-0.2, 0) is 6.54 Å². The van der Waals surface area contributed by atoms with Crippen LogP contribution in [0.25, 0.3) is 11.4 Å². The van der Waals surface area contributed by atoms with Crippen LogP contribution in [0.4, 0.5) is 0 Å². The molecule has 0 spiro atoms. The lowest BCUT2D eigenvalue weighted by Gasteiger charge is -2.11. The predicted octanol–water partition coefficient (Wildman–Crippen LogP) is 3.78. The number of nitrogens with zero attached hydrogens (tertiary/aromatic N) is 3. The van der Waals surface area contributed by atoms with Gasteiger partial charge >= 0.3 is 0 Å². The van der Waals surface area contributed by atoms with E-state index in [1.165, 1.54) is 5.56 Å². The molecule has 102 valence electrons. The predicted molar refractivity (Wildman–Crippen MR) is 82.7 cm³/mol. The third-order valence-electron chi connectivity index (χ3n) is 3.58. The van der Waals surface area contributed by atoms with Crippen LogP contribution in [0.3, 0.4) is 0 Å². The van der Waals surface area contributed by atoms with Crippen LogP contribution in [0.2, 0.25) is 0 Å². The molecule has 0 aliphatic carbocycles. The molecule has 21 heavy (non-hydrogen) atoms. The number of imidazole rings is 1. The van der Waals surface area contributed by atoms with Crippen LogP contribution in [0.15, 0.2) is 60.9 Å². The van der Waals surface area contributed by atoms with E-state index in [2.05, 4.69) is 34.7 Å². The third kappa shape index (κ3) is 2.56. The molecule has 1 heterocycles. The molecule has 3 nitrogen and oxygen atoms in total. The maximum atomic E-state index is 9.20. The second kappa shape index (κ2) is 5.64. The number of rotatable bonds is 3. The average molecular weight is 273 g/mol. The molecule has 2 aromatic carbocycles. The molecule has 0 atom stereocenters. The third-order valence-corrected chi connectivity index (χ3v) is 3.58. The van der Waals surface area contributed by atoms with Crippen molar-refractivity contribution in [2.45, 2.75) is 13.5 Å². The lowest BCUT2D eigenvalue weighted by atomic mass is 10.1. The molecule has 1 aromatic heterocycles. The summed E-state index contributed by atoms with van der Waals surface area (Å²) in [4.78, 5) is 4.48. The Hall–Kier alpha value is -2.86. The summed E-state index contributed by atoms with van der Waals surface area (Å²) in [6.45, 7) is 2.73. The lowest BCUT2D eigenvalue weighted by Crippen LogP contribution is -2.03. The maximum Gasteiger partial charge on any atom is 0.140 e. The van der Waals surface area contributed by atoms with Gasteiger partial charge in [-0.1, -0.05) is 42.5 Å². The minimum Gasteiger partial charge on any atom is -0.327 e. The highest BCUT2D eigenvalue weighted by atomic mass is 15.1. The Labute approximate surface area is 124 Å². The zero-order valence-corrected chi connectivity index (χ0v) is 11.8. The first-order valence-electron chi connectivity index (χ1n) is 6.85. The van der Waals surface area contributed by atoms with E-state index in [1.54, 1.807) is 6.20 Å². The van der Waals surface area contributed by atoms with Crippen LogP contribution < -0.4 is 0 Å². The molecule has 0 radical (unpaired) electrons. The molecule has 0 N–H and O–H groups in total. The summed E-state index contributed by atoms with van der Waals surface area (Å²) in [5.74, 6) is 0.931. The molecule has 0 saturated heterocycles. The molecule has 0 aliphatic heterocycles. The fraction of sp³-hybridized carbons (Fsp3) is 0.111. The van der Waals surface area contributed by atoms with Crippen LogP contribution in [-0.4, -0.2) is 9.55 Å². The molecule has 3 rings (SSSR count). The summed E-state index contributed by atoms with van der Waals surface area (Å²) in [6.07, 6.45) is 3.76. The van der Waals surface area contributed by atoms with Gasteiger partial charge < -0.3 is 4.57 Å². The van der Waals surface area contributed by atoms with E-state index in [-0.39, 0.29) is 0 Å². The molecule has 0 fully saturated rings. The van der Waals surface area contributed by atoms with Gasteiger partial charge in [0.05, 0.1) is 18.2 Å². The molecule has 3 aromatic rings. The van der Waals surface area contributed by atoms with Gasteiger partial charge in [-0.05, 0) is 24.1 Å². The summed E-state index contributed by atoms with van der Waals surface area (Å²) in [5, 5.41) is 9.20. The van der Waals surface area contributed by atoms with Crippen molar-refractivity contribution in [3.63, 3.8) is 0 Å². The standard InChI is InChI=1S/C18H15N3/c1-14-6-2-5-9-17(14)18-20-10-11-21(18)13-16-8-4-3-7-15(16)12-19/h2-11H,13H2,1H3. The average Bonchev–Trinajstić information content (AvgIpc) is 2.96. The number of hydrogen-bond acceptors (Lipinski definition) is 2. The van der Waals surface area contributed by atoms with Crippen molar-refractivity contribution in [2.24, 2.45) is 0 Å². The van der Waals surface area contributed by atoms with Gasteiger partial charge in [0, 0.05) is 18.0 Å². The van der Waals surface area contributed by atoms with Gasteiger partial charge in [0.1, 0.15) is 5.82 Å². The van der Waals surface area contributed by atoms with Crippen LogP contribution >= 0.6 is 0 Å². The Kier molecular flexibility index (Phi) is 3.53. The van der Waals surface area contributed by atoms with E-state index < -0.39 is 0 Å². The molecule has 0 aliphatic rings. The van der Waals surface area contributed by atoms with Crippen molar-refractivity contribution in [3.05, 3.63) is 77.6 Å². The summed E-state index contributed by atoms with van der Waals surface area (Å²) in [7, 11) is 0. The van der Waals surface area contributed by atoms with E-state index in [0.29, 0.717) is 12.1 Å². The number of benzene rings is 2. The highest BCUT2D eigenvalue weighted by molar-refractivity contribution is 5.60. The second-order valence-electron chi connectivity index (χ2n) is 4.96. The minimum atomic E-state index is 0.646. The summed E-state index contributed by atoms with van der Waals surface area (Å²) < 4.78 is 2.08. The van der Waals surface area contributed by atoms with Crippen LogP contribution in [0.1, 0.15) is 16.7 Å². The number of hydrogen-bond donors (Lipinski definition) is 0. The van der Waals surface area contributed by atoms with Crippen molar-refractivity contribution in [1.29, 1.82) is 5.26 Å². The number of nitriles is 1. The molecular formula is C18H15N3. The zero-order valence-electron chi connectivity index (χ0n) is 11.8. The highest BCUT2D eigenvalue weighted by Gasteiger charge is 2.10. The van der Waals surface area contributed by atoms with Crippen molar-refractivity contribution < 1.29 is 0 Å². The van der Waals surface area contributed by atoms with Crippen LogP contribution in [0.5, 0.6) is 0 Å². The van der Waals surface area contributed by atoms with Gasteiger partial charge in [-0.3, -0.25) is 0 Å². The summed E-state index contributed by atoms with van der Waals surface area (Å²) >= 11 is 0. The smallest absolute Gasteiger partial charge is 0.140 e. The van der Waals surface area contributed by atoms with E-state index >= 15 is 0 Å². The first-order chi connectivity index (χ1) is 10.3. The van der Waals surface area contributed by atoms with Crippen molar-refractivity contribution in [1.82, 2.24) is 9.55 Å². The topological polar surface area (TPSA) is 41.6 Å². The lowest BCUT2D eigenvalue weighted by molar-refractivity contribution is 0.804. The molecular weight excluding hydrogens is 258 g/mol. The zero-order chi connectivity index (χ0) is 14.7. The fourth-order valence-corrected chi connectivity index (χ4v) is 2.46. The Morgan fingerprint density at radius 2 is 1.86 bits per heavy atom. The van der Waals surface area contributed by atoms with E-state index in [0.717, 1.165) is 17.0 Å². The number of aryl methyl sites for hydroxylation is 1. The summed E-state index contributed by atoms with van der Waals surface area (Å²) in [6, 6.07) is 18.1. The molecule has 0 amide bonds. The summed E-state index contributed by atoms with van der Waals surface area (Å²) in [5.41, 5.74) is 4.03. The SMILES string of the molecule is Cc1ccccc1-c1nccn1Cc1ccccc1C#N. The van der Waals surface area contributed by atoms with Gasteiger partial charge in [-0.15, -0.1) is 0 Å². The van der Waals surface area contributed by atoms with Gasteiger partial charge in [0.15, 0.2) is 0 Å². The molecule has 0 bridgehead atoms. The van der Waals surface area contributed by atoms with E-state index in [1.807, 2.05) is 42.6 Å². The minimum absolute atomic E-state index is 0.646. The number of aromatic nitrogens is 2. The monoisotopic (exact) mass is 273 g/mol. The largest absolute Gasteiger partial charge is 0.327 e. The second-order valence-corrected chi connectivity index (χ2v) is 4.96. The van der Waals surface area contributed by atoms with Crippen molar-refractivity contribution in [3.8, 4) is 17.5 Å². The first-order valence-corrected chi connectivity index (χ1v) is 6.85. The Morgan fingerprint density at radius 3 is 2.67 bits per heavy atom. The molecule has 0 saturated carbocycles. The van der Waals surface area contributed by atoms with Crippen LogP contribution in [0, 0.1) is 18.3 Å². The molecule has 0 unspecified atom stereocenters. The first kappa shape index (κ1) is 13.1. The normalized spacial score (nSPS) is 10.3. The van der Waals surface area contributed by atoms with E-state index in [9.17, 15) is 5.26 Å². The van der Waals surface area contributed by atoms with Gasteiger partial charge in [-0.25, -0.2) is 4.98 Å². The Morgan fingerprint density at radius 1 is 1.10 bits per heavy atom. The fourth-order valence-electron chi connectivity index (χ4n) is 2.46. The van der Waals surface area contributed by atoms with Gasteiger partial charge in [0.2, 0.25) is 0 Å². The van der Waals surface area contributed by atoms with Crippen molar-refractivity contribution >= 4 is 0 Å². The Balaban J connectivity index is 2.01. The quantitative estimate of drug-likeness (QED) is 0.728. The van der Waals surface area contributed by atoms with Gasteiger partial charge in [0.25, 0.3) is 0 Å². The van der Waals surface area contributed by atoms with E-state index in [4.69, 9.17) is 0 Å². The van der Waals surface area contributed by atoms with Gasteiger partial charge in [-0.2, -0.15) is 5.26 Å². The Bertz CT molecular complexity index is 809. The molecule has 3 heteroatoms.